The minimum Gasteiger partial charge on any atom is -0.354 e. The molecule has 0 bridgehead atoms. The third kappa shape index (κ3) is 4.66. The number of hydrogen-bond acceptors (Lipinski definition) is 2. The summed E-state index contributed by atoms with van der Waals surface area (Å²) in [7, 11) is 0. The Labute approximate surface area is 106 Å². The number of carbonyl (C=O) groups excluding carboxylic acids is 1. The highest BCUT2D eigenvalue weighted by molar-refractivity contribution is 5.81. The molecule has 0 aliphatic carbocycles. The van der Waals surface area contributed by atoms with Crippen molar-refractivity contribution in [3.63, 3.8) is 0 Å². The van der Waals surface area contributed by atoms with Crippen molar-refractivity contribution in [2.24, 2.45) is 17.3 Å². The van der Waals surface area contributed by atoms with Crippen molar-refractivity contribution in [1.82, 2.24) is 10.6 Å². The summed E-state index contributed by atoms with van der Waals surface area (Å²) in [6, 6.07) is 0.0194. The molecule has 3 nitrogen and oxygen atoms in total. The topological polar surface area (TPSA) is 41.1 Å². The Kier molecular flexibility index (Phi) is 4.99. The van der Waals surface area contributed by atoms with Gasteiger partial charge in [-0.15, -0.1) is 0 Å². The molecule has 100 valence electrons. The lowest BCUT2D eigenvalue weighted by atomic mass is 9.82. The van der Waals surface area contributed by atoms with E-state index in [4.69, 9.17) is 0 Å². The molecule has 3 atom stereocenters. The van der Waals surface area contributed by atoms with Crippen LogP contribution >= 0.6 is 0 Å². The number of nitrogens with one attached hydrogen (secondary N) is 2. The summed E-state index contributed by atoms with van der Waals surface area (Å²) >= 11 is 0. The Morgan fingerprint density at radius 3 is 2.65 bits per heavy atom. The minimum atomic E-state index is 0.0194. The Bertz CT molecular complexity index is 257. The molecule has 1 heterocycles. The minimum absolute atomic E-state index is 0.0194. The van der Waals surface area contributed by atoms with Crippen molar-refractivity contribution >= 4 is 5.91 Å². The summed E-state index contributed by atoms with van der Waals surface area (Å²) in [6.45, 7) is 12.8. The van der Waals surface area contributed by atoms with Crippen molar-refractivity contribution in [2.75, 3.05) is 13.1 Å². The van der Waals surface area contributed by atoms with Crippen LogP contribution in [0.4, 0.5) is 0 Å². The first kappa shape index (κ1) is 14.5. The van der Waals surface area contributed by atoms with E-state index in [2.05, 4.69) is 45.3 Å². The van der Waals surface area contributed by atoms with E-state index in [0.717, 1.165) is 19.5 Å². The SMILES string of the molecule is CC1CCNC(C(=O)NCC(C)C(C)(C)C)C1. The van der Waals surface area contributed by atoms with Crippen LogP contribution in [0.1, 0.15) is 47.5 Å². The zero-order chi connectivity index (χ0) is 13.1. The fourth-order valence-corrected chi connectivity index (χ4v) is 1.99. The lowest BCUT2D eigenvalue weighted by Crippen LogP contribution is -2.49. The number of hydrogen-bond donors (Lipinski definition) is 2. The molecule has 0 radical (unpaired) electrons. The molecule has 3 unspecified atom stereocenters. The lowest BCUT2D eigenvalue weighted by Gasteiger charge is -2.30. The molecule has 17 heavy (non-hydrogen) atoms. The normalized spacial score (nSPS) is 27.6. The molecule has 2 N–H and O–H groups in total. The largest absolute Gasteiger partial charge is 0.354 e. The smallest absolute Gasteiger partial charge is 0.237 e. The van der Waals surface area contributed by atoms with Crippen molar-refractivity contribution in [1.29, 1.82) is 0 Å². The van der Waals surface area contributed by atoms with Gasteiger partial charge in [0.2, 0.25) is 5.91 Å². The van der Waals surface area contributed by atoms with Crippen molar-refractivity contribution in [2.45, 2.75) is 53.5 Å². The molecular weight excluding hydrogens is 212 g/mol. The van der Waals surface area contributed by atoms with Crippen LogP contribution in [-0.2, 0) is 4.79 Å². The van der Waals surface area contributed by atoms with Gasteiger partial charge in [-0.1, -0.05) is 34.6 Å². The third-order valence-corrected chi connectivity index (χ3v) is 4.04. The van der Waals surface area contributed by atoms with Crippen LogP contribution in [0, 0.1) is 17.3 Å². The highest BCUT2D eigenvalue weighted by Crippen LogP contribution is 2.24. The van der Waals surface area contributed by atoms with Crippen LogP contribution in [0.5, 0.6) is 0 Å². The van der Waals surface area contributed by atoms with Crippen LogP contribution in [0.2, 0.25) is 0 Å². The molecule has 0 spiro atoms. The Hall–Kier alpha value is -0.570. The molecule has 1 aliphatic rings. The van der Waals surface area contributed by atoms with Crippen molar-refractivity contribution in [3.8, 4) is 0 Å². The highest BCUT2D eigenvalue weighted by atomic mass is 16.2. The number of piperidine rings is 1. The molecular formula is C14H28N2O. The first-order valence-corrected chi connectivity index (χ1v) is 6.81. The summed E-state index contributed by atoms with van der Waals surface area (Å²) in [5.74, 6) is 1.33. The van der Waals surface area contributed by atoms with Gasteiger partial charge in [-0.2, -0.15) is 0 Å². The van der Waals surface area contributed by atoms with E-state index >= 15 is 0 Å². The van der Waals surface area contributed by atoms with Crippen molar-refractivity contribution < 1.29 is 4.79 Å². The molecule has 1 fully saturated rings. The molecule has 1 saturated heterocycles. The molecule has 1 aliphatic heterocycles. The maximum Gasteiger partial charge on any atom is 0.237 e. The van der Waals surface area contributed by atoms with E-state index in [-0.39, 0.29) is 17.4 Å². The molecule has 1 rings (SSSR count). The summed E-state index contributed by atoms with van der Waals surface area (Å²) in [6.07, 6.45) is 2.15. The zero-order valence-corrected chi connectivity index (χ0v) is 12.0. The Morgan fingerprint density at radius 2 is 2.12 bits per heavy atom. The van der Waals surface area contributed by atoms with Crippen LogP contribution in [0.25, 0.3) is 0 Å². The van der Waals surface area contributed by atoms with Gasteiger partial charge in [0.25, 0.3) is 0 Å². The first-order valence-electron chi connectivity index (χ1n) is 6.81. The molecule has 0 saturated carbocycles. The summed E-state index contributed by atoms with van der Waals surface area (Å²) < 4.78 is 0. The maximum absolute atomic E-state index is 12.0. The summed E-state index contributed by atoms with van der Waals surface area (Å²) in [5.41, 5.74) is 0.251. The van der Waals surface area contributed by atoms with Gasteiger partial charge < -0.3 is 10.6 Å². The van der Waals surface area contributed by atoms with Gasteiger partial charge >= 0.3 is 0 Å². The number of amides is 1. The second-order valence-corrected chi connectivity index (χ2v) is 6.65. The van der Waals surface area contributed by atoms with Gasteiger partial charge in [0.1, 0.15) is 0 Å². The fourth-order valence-electron chi connectivity index (χ4n) is 1.99. The van der Waals surface area contributed by atoms with Gasteiger partial charge in [-0.25, -0.2) is 0 Å². The standard InChI is InChI=1S/C14H28N2O/c1-10-6-7-15-12(8-10)13(17)16-9-11(2)14(3,4)5/h10-12,15H,6-9H2,1-5H3,(H,16,17). The van der Waals surface area contributed by atoms with E-state index in [1.54, 1.807) is 0 Å². The lowest BCUT2D eigenvalue weighted by molar-refractivity contribution is -0.124. The average molecular weight is 240 g/mol. The van der Waals surface area contributed by atoms with Crippen molar-refractivity contribution in [3.05, 3.63) is 0 Å². The predicted octanol–water partition coefficient (Wildman–Crippen LogP) is 2.17. The van der Waals surface area contributed by atoms with Gasteiger partial charge in [-0.3, -0.25) is 4.79 Å². The number of rotatable bonds is 3. The van der Waals surface area contributed by atoms with E-state index < -0.39 is 0 Å². The third-order valence-electron chi connectivity index (χ3n) is 4.04. The molecule has 0 aromatic rings. The van der Waals surface area contributed by atoms with E-state index in [1.165, 1.54) is 6.42 Å². The van der Waals surface area contributed by atoms with E-state index in [9.17, 15) is 4.79 Å². The molecule has 1 amide bonds. The monoisotopic (exact) mass is 240 g/mol. The second kappa shape index (κ2) is 5.85. The summed E-state index contributed by atoms with van der Waals surface area (Å²) in [5, 5.41) is 6.38. The predicted molar refractivity (Wildman–Crippen MR) is 71.8 cm³/mol. The highest BCUT2D eigenvalue weighted by Gasteiger charge is 2.26. The van der Waals surface area contributed by atoms with Gasteiger partial charge in [0.05, 0.1) is 6.04 Å². The van der Waals surface area contributed by atoms with Gasteiger partial charge in [0, 0.05) is 6.54 Å². The fraction of sp³-hybridized carbons (Fsp3) is 0.929. The molecule has 0 aromatic heterocycles. The first-order chi connectivity index (χ1) is 7.80. The molecule has 0 aromatic carbocycles. The van der Waals surface area contributed by atoms with Crippen LogP contribution in [0.15, 0.2) is 0 Å². The van der Waals surface area contributed by atoms with Gasteiger partial charge in [0.15, 0.2) is 0 Å². The quantitative estimate of drug-likeness (QED) is 0.794. The zero-order valence-electron chi connectivity index (χ0n) is 12.0. The Morgan fingerprint density at radius 1 is 1.47 bits per heavy atom. The van der Waals surface area contributed by atoms with Crippen LogP contribution in [0.3, 0.4) is 0 Å². The average Bonchev–Trinajstić information content (AvgIpc) is 2.24. The van der Waals surface area contributed by atoms with Gasteiger partial charge in [-0.05, 0) is 36.6 Å². The maximum atomic E-state index is 12.0. The van der Waals surface area contributed by atoms with Crippen LogP contribution < -0.4 is 10.6 Å². The van der Waals surface area contributed by atoms with E-state index in [1.807, 2.05) is 0 Å². The summed E-state index contributed by atoms with van der Waals surface area (Å²) in [4.78, 5) is 12.0. The Balaban J connectivity index is 2.34. The molecule has 3 heteroatoms. The van der Waals surface area contributed by atoms with E-state index in [0.29, 0.717) is 11.8 Å². The number of carbonyl (C=O) groups is 1. The second-order valence-electron chi connectivity index (χ2n) is 6.65. The van der Waals surface area contributed by atoms with Crippen LogP contribution in [-0.4, -0.2) is 25.0 Å².